The highest BCUT2D eigenvalue weighted by Gasteiger charge is 2.09. The third kappa shape index (κ3) is 2.75. The minimum absolute atomic E-state index is 0.386. The Morgan fingerprint density at radius 2 is 1.59 bits per heavy atom. The van der Waals surface area contributed by atoms with E-state index < -0.39 is 0 Å². The highest BCUT2D eigenvalue weighted by Crippen LogP contribution is 2.27. The van der Waals surface area contributed by atoms with Gasteiger partial charge in [-0.3, -0.25) is 0 Å². The van der Waals surface area contributed by atoms with Crippen LogP contribution in [0.3, 0.4) is 0 Å². The lowest BCUT2D eigenvalue weighted by molar-refractivity contribution is 0.599. The summed E-state index contributed by atoms with van der Waals surface area (Å²) in [5, 5.41) is 3.47. The largest absolute Gasteiger partial charge is 0.310 e. The molecule has 0 fully saturated rings. The van der Waals surface area contributed by atoms with Crippen molar-refractivity contribution < 1.29 is 0 Å². The first kappa shape index (κ1) is 11.9. The first-order valence-corrected chi connectivity index (χ1v) is 6.20. The molecule has 1 atom stereocenters. The van der Waals surface area contributed by atoms with Crippen molar-refractivity contribution in [3.8, 4) is 11.1 Å². The predicted molar refractivity (Wildman–Crippen MR) is 74.0 cm³/mol. The molecule has 0 aliphatic carbocycles. The van der Waals surface area contributed by atoms with Crippen molar-refractivity contribution >= 4 is 0 Å². The van der Waals surface area contributed by atoms with Gasteiger partial charge in [-0.2, -0.15) is 0 Å². The van der Waals surface area contributed by atoms with Gasteiger partial charge in [0.05, 0.1) is 0 Å². The molecule has 1 heteroatoms. The molecule has 1 nitrogen and oxygen atoms in total. The first-order chi connectivity index (χ1) is 8.33. The van der Waals surface area contributed by atoms with Gasteiger partial charge in [0.2, 0.25) is 0 Å². The molecule has 17 heavy (non-hydrogen) atoms. The Hall–Kier alpha value is -1.60. The Bertz CT molecular complexity index is 462. The number of hydrogen-bond acceptors (Lipinski definition) is 1. The van der Waals surface area contributed by atoms with Crippen LogP contribution in [0.5, 0.6) is 0 Å². The third-order valence-corrected chi connectivity index (χ3v) is 3.02. The molecule has 2 aromatic carbocycles. The fraction of sp³-hybridized carbons (Fsp3) is 0.250. The summed E-state index contributed by atoms with van der Waals surface area (Å²) >= 11 is 0. The Kier molecular flexibility index (Phi) is 3.94. The molecule has 0 bridgehead atoms. The van der Waals surface area contributed by atoms with Crippen LogP contribution in [-0.4, -0.2) is 6.54 Å². The maximum absolute atomic E-state index is 3.47. The van der Waals surface area contributed by atoms with E-state index in [4.69, 9.17) is 0 Å². The fourth-order valence-corrected chi connectivity index (χ4v) is 2.17. The van der Waals surface area contributed by atoms with Crippen molar-refractivity contribution in [2.75, 3.05) is 6.54 Å². The van der Waals surface area contributed by atoms with Gasteiger partial charge in [-0.15, -0.1) is 0 Å². The molecule has 2 rings (SSSR count). The Labute approximate surface area is 103 Å². The van der Waals surface area contributed by atoms with Crippen LogP contribution < -0.4 is 5.32 Å². The molecule has 2 aromatic rings. The quantitative estimate of drug-likeness (QED) is 0.828. The minimum atomic E-state index is 0.386. The number of benzene rings is 2. The van der Waals surface area contributed by atoms with Crippen molar-refractivity contribution in [1.82, 2.24) is 5.32 Å². The molecular weight excluding hydrogens is 206 g/mol. The van der Waals surface area contributed by atoms with Gasteiger partial charge in [-0.05, 0) is 30.2 Å². The summed E-state index contributed by atoms with van der Waals surface area (Å²) in [6.07, 6.45) is 0. The topological polar surface area (TPSA) is 12.0 Å². The van der Waals surface area contributed by atoms with E-state index in [1.807, 2.05) is 0 Å². The van der Waals surface area contributed by atoms with Crippen LogP contribution in [0.15, 0.2) is 54.6 Å². The lowest BCUT2D eigenvalue weighted by atomic mass is 9.95. The Morgan fingerprint density at radius 3 is 2.29 bits per heavy atom. The van der Waals surface area contributed by atoms with E-state index in [2.05, 4.69) is 73.8 Å². The van der Waals surface area contributed by atoms with Crippen LogP contribution in [0, 0.1) is 0 Å². The Morgan fingerprint density at radius 1 is 0.941 bits per heavy atom. The molecule has 0 aliphatic rings. The number of nitrogens with one attached hydrogen (secondary N) is 1. The van der Waals surface area contributed by atoms with Crippen LogP contribution >= 0.6 is 0 Å². The molecular formula is C16H19N. The van der Waals surface area contributed by atoms with Crippen LogP contribution in [0.4, 0.5) is 0 Å². The van der Waals surface area contributed by atoms with E-state index in [0.29, 0.717) is 6.04 Å². The third-order valence-electron chi connectivity index (χ3n) is 3.02. The molecule has 0 spiro atoms. The second-order valence-electron chi connectivity index (χ2n) is 4.23. The molecule has 0 saturated heterocycles. The summed E-state index contributed by atoms with van der Waals surface area (Å²) in [4.78, 5) is 0. The maximum atomic E-state index is 3.47. The molecule has 0 radical (unpaired) electrons. The summed E-state index contributed by atoms with van der Waals surface area (Å²) in [6, 6.07) is 19.5. The van der Waals surface area contributed by atoms with E-state index in [1.165, 1.54) is 16.7 Å². The highest BCUT2D eigenvalue weighted by atomic mass is 14.9. The molecule has 0 amide bonds. The van der Waals surface area contributed by atoms with E-state index >= 15 is 0 Å². The SMILES string of the molecule is CCNC(C)c1ccccc1-c1ccccc1. The predicted octanol–water partition coefficient (Wildman–Crippen LogP) is 4.02. The maximum Gasteiger partial charge on any atom is 0.0297 e. The zero-order valence-corrected chi connectivity index (χ0v) is 10.5. The lowest BCUT2D eigenvalue weighted by Gasteiger charge is -2.17. The smallest absolute Gasteiger partial charge is 0.0297 e. The molecule has 0 saturated carbocycles. The van der Waals surface area contributed by atoms with Gasteiger partial charge in [0.25, 0.3) is 0 Å². The summed E-state index contributed by atoms with van der Waals surface area (Å²) in [6.45, 7) is 5.34. The van der Waals surface area contributed by atoms with Crippen molar-refractivity contribution in [3.63, 3.8) is 0 Å². The van der Waals surface area contributed by atoms with E-state index in [-0.39, 0.29) is 0 Å². The van der Waals surface area contributed by atoms with E-state index in [0.717, 1.165) is 6.54 Å². The summed E-state index contributed by atoms with van der Waals surface area (Å²) in [5.41, 5.74) is 3.97. The summed E-state index contributed by atoms with van der Waals surface area (Å²) < 4.78 is 0. The van der Waals surface area contributed by atoms with Crippen molar-refractivity contribution in [2.45, 2.75) is 19.9 Å². The zero-order valence-electron chi connectivity index (χ0n) is 10.5. The fourth-order valence-electron chi connectivity index (χ4n) is 2.17. The molecule has 1 N–H and O–H groups in total. The summed E-state index contributed by atoms with van der Waals surface area (Å²) in [5.74, 6) is 0. The first-order valence-electron chi connectivity index (χ1n) is 6.20. The molecule has 88 valence electrons. The van der Waals surface area contributed by atoms with Gasteiger partial charge in [-0.25, -0.2) is 0 Å². The van der Waals surface area contributed by atoms with Gasteiger partial charge < -0.3 is 5.32 Å². The minimum Gasteiger partial charge on any atom is -0.310 e. The van der Waals surface area contributed by atoms with Gasteiger partial charge in [-0.1, -0.05) is 61.5 Å². The van der Waals surface area contributed by atoms with E-state index in [1.54, 1.807) is 0 Å². The normalized spacial score (nSPS) is 12.4. The van der Waals surface area contributed by atoms with Gasteiger partial charge in [0.1, 0.15) is 0 Å². The van der Waals surface area contributed by atoms with Crippen LogP contribution in [0.25, 0.3) is 11.1 Å². The number of hydrogen-bond donors (Lipinski definition) is 1. The van der Waals surface area contributed by atoms with Crippen LogP contribution in [0.2, 0.25) is 0 Å². The summed E-state index contributed by atoms with van der Waals surface area (Å²) in [7, 11) is 0. The lowest BCUT2D eigenvalue weighted by Crippen LogP contribution is -2.18. The average molecular weight is 225 g/mol. The van der Waals surface area contributed by atoms with Gasteiger partial charge in [0.15, 0.2) is 0 Å². The zero-order chi connectivity index (χ0) is 12.1. The van der Waals surface area contributed by atoms with Gasteiger partial charge in [0, 0.05) is 6.04 Å². The number of rotatable bonds is 4. The van der Waals surface area contributed by atoms with Crippen molar-refractivity contribution in [1.29, 1.82) is 0 Å². The second kappa shape index (κ2) is 5.65. The monoisotopic (exact) mass is 225 g/mol. The molecule has 0 aliphatic heterocycles. The Balaban J connectivity index is 2.41. The van der Waals surface area contributed by atoms with Crippen LogP contribution in [-0.2, 0) is 0 Å². The van der Waals surface area contributed by atoms with Gasteiger partial charge >= 0.3 is 0 Å². The van der Waals surface area contributed by atoms with E-state index in [9.17, 15) is 0 Å². The highest BCUT2D eigenvalue weighted by molar-refractivity contribution is 5.67. The average Bonchev–Trinajstić information content (AvgIpc) is 2.40. The molecule has 0 heterocycles. The van der Waals surface area contributed by atoms with Crippen molar-refractivity contribution in [3.05, 3.63) is 60.2 Å². The van der Waals surface area contributed by atoms with Crippen molar-refractivity contribution in [2.24, 2.45) is 0 Å². The molecule has 1 unspecified atom stereocenters. The van der Waals surface area contributed by atoms with Crippen LogP contribution in [0.1, 0.15) is 25.5 Å². The molecule has 0 aromatic heterocycles. The standard InChI is InChI=1S/C16H19N/c1-3-17-13(2)15-11-7-8-12-16(15)14-9-5-4-6-10-14/h4-13,17H,3H2,1-2H3. The second-order valence-corrected chi connectivity index (χ2v) is 4.23.